The van der Waals surface area contributed by atoms with Crippen LogP contribution in [0, 0.1) is 0 Å². The molecule has 0 unspecified atom stereocenters. The predicted molar refractivity (Wildman–Crippen MR) is 135 cm³/mol. The number of ether oxygens (including phenoxy) is 3. The van der Waals surface area contributed by atoms with Crippen molar-refractivity contribution in [3.8, 4) is 23.0 Å². The van der Waals surface area contributed by atoms with Gasteiger partial charge in [-0.1, -0.05) is 13.3 Å². The highest BCUT2D eigenvalue weighted by Crippen LogP contribution is 2.35. The number of hydrogen-bond donors (Lipinski definition) is 2. The fraction of sp³-hybridized carbons (Fsp3) is 0.393. The number of phenols is 1. The molecule has 0 atom stereocenters. The van der Waals surface area contributed by atoms with Crippen LogP contribution in [0.4, 0.5) is 0 Å². The lowest BCUT2D eigenvalue weighted by Gasteiger charge is -2.19. The molecule has 36 heavy (non-hydrogen) atoms. The molecule has 0 saturated heterocycles. The van der Waals surface area contributed by atoms with Crippen LogP contribution < -0.4 is 14.2 Å². The summed E-state index contributed by atoms with van der Waals surface area (Å²) in [7, 11) is 0. The summed E-state index contributed by atoms with van der Waals surface area (Å²) < 4.78 is 17.3. The number of rotatable bonds is 13. The summed E-state index contributed by atoms with van der Waals surface area (Å²) in [4.78, 5) is 35.0. The number of fused-ring (bicyclic) bond motifs is 1. The summed E-state index contributed by atoms with van der Waals surface area (Å²) in [5.74, 6) is 0.0670. The molecule has 1 aliphatic rings. The quantitative estimate of drug-likeness (QED) is 0.285. The smallest absolute Gasteiger partial charge is 0.335 e. The topological polar surface area (TPSA) is 119 Å². The highest BCUT2D eigenvalue weighted by atomic mass is 16.5. The third-order valence-electron chi connectivity index (χ3n) is 5.90. The van der Waals surface area contributed by atoms with Crippen LogP contribution in [-0.2, 0) is 11.2 Å². The zero-order chi connectivity index (χ0) is 26.2. The van der Waals surface area contributed by atoms with Crippen molar-refractivity contribution in [3.63, 3.8) is 0 Å². The second-order valence-electron chi connectivity index (χ2n) is 8.71. The van der Waals surface area contributed by atoms with Crippen molar-refractivity contribution in [2.24, 2.45) is 0 Å². The predicted octanol–water partition coefficient (Wildman–Crippen LogP) is 5.24. The Labute approximate surface area is 210 Å². The molecule has 2 N–H and O–H groups in total. The van der Waals surface area contributed by atoms with Crippen molar-refractivity contribution in [2.75, 3.05) is 19.8 Å². The molecule has 2 aromatic carbocycles. The van der Waals surface area contributed by atoms with Crippen LogP contribution in [0.3, 0.4) is 0 Å². The number of unbranched alkanes of at least 4 members (excludes halogenated alkanes) is 2. The Morgan fingerprint density at radius 3 is 2.22 bits per heavy atom. The van der Waals surface area contributed by atoms with Gasteiger partial charge in [-0.05, 0) is 63.8 Å². The minimum atomic E-state index is -1.05. The SMILES string of the molecule is CCCc1c(OCCCCCOc2cc3c(cc2C(C)=O)C=C(C(=O)O)CO3)ccc(C(C)=O)c1O. The summed E-state index contributed by atoms with van der Waals surface area (Å²) in [5, 5.41) is 19.6. The lowest BCUT2D eigenvalue weighted by atomic mass is 10.0. The first kappa shape index (κ1) is 26.8. The van der Waals surface area contributed by atoms with Gasteiger partial charge in [0.05, 0.1) is 29.9 Å². The fourth-order valence-electron chi connectivity index (χ4n) is 3.99. The van der Waals surface area contributed by atoms with Crippen LogP contribution in [0.2, 0.25) is 0 Å². The van der Waals surface area contributed by atoms with E-state index in [-0.39, 0.29) is 29.5 Å². The van der Waals surface area contributed by atoms with Gasteiger partial charge < -0.3 is 24.4 Å². The second-order valence-corrected chi connectivity index (χ2v) is 8.71. The summed E-state index contributed by atoms with van der Waals surface area (Å²) >= 11 is 0. The first-order valence-corrected chi connectivity index (χ1v) is 12.1. The Hall–Kier alpha value is -3.81. The van der Waals surface area contributed by atoms with E-state index in [2.05, 4.69) is 0 Å². The van der Waals surface area contributed by atoms with E-state index >= 15 is 0 Å². The van der Waals surface area contributed by atoms with Crippen molar-refractivity contribution in [3.05, 3.63) is 52.1 Å². The zero-order valence-corrected chi connectivity index (χ0v) is 20.9. The summed E-state index contributed by atoms with van der Waals surface area (Å²) in [6, 6.07) is 6.56. The monoisotopic (exact) mass is 496 g/mol. The van der Waals surface area contributed by atoms with Crippen molar-refractivity contribution < 1.29 is 38.8 Å². The number of Topliss-reactive ketones (excluding diaryl/α,β-unsaturated/α-hetero) is 2. The van der Waals surface area contributed by atoms with Gasteiger partial charge in [0.15, 0.2) is 11.6 Å². The number of ketones is 2. The zero-order valence-electron chi connectivity index (χ0n) is 20.9. The number of carboxylic acid groups (broad SMARTS) is 1. The Bertz CT molecular complexity index is 1180. The minimum absolute atomic E-state index is 0.000212. The van der Waals surface area contributed by atoms with Gasteiger partial charge in [-0.15, -0.1) is 0 Å². The van der Waals surface area contributed by atoms with Crippen molar-refractivity contribution >= 4 is 23.6 Å². The number of hydrogen-bond acceptors (Lipinski definition) is 7. The first-order chi connectivity index (χ1) is 17.2. The van der Waals surface area contributed by atoms with Gasteiger partial charge in [-0.25, -0.2) is 4.79 Å². The van der Waals surface area contributed by atoms with Crippen LogP contribution >= 0.6 is 0 Å². The van der Waals surface area contributed by atoms with Gasteiger partial charge in [0, 0.05) is 17.2 Å². The van der Waals surface area contributed by atoms with Crippen LogP contribution in [0.5, 0.6) is 23.0 Å². The standard InChI is InChI=1S/C28H32O8/c1-4-8-22-24(10-9-21(17(2)29)27(22)31)34-11-6-5-7-12-35-26-15-25-19(14-23(26)18(3)30)13-20(16-36-25)28(32)33/h9-10,13-15,31H,4-8,11-12,16H2,1-3H3,(H,32,33). The van der Waals surface area contributed by atoms with E-state index in [1.54, 1.807) is 24.3 Å². The lowest BCUT2D eigenvalue weighted by molar-refractivity contribution is -0.132. The number of aliphatic carboxylic acids is 1. The van der Waals surface area contributed by atoms with E-state index in [1.165, 1.54) is 19.9 Å². The van der Waals surface area contributed by atoms with Crippen LogP contribution in [0.15, 0.2) is 29.8 Å². The molecule has 0 bridgehead atoms. The normalized spacial score (nSPS) is 12.2. The molecule has 3 rings (SSSR count). The van der Waals surface area contributed by atoms with E-state index in [0.29, 0.717) is 59.1 Å². The molecule has 192 valence electrons. The number of phenolic OH excluding ortho intramolecular Hbond substituents is 1. The Morgan fingerprint density at radius 2 is 1.61 bits per heavy atom. The largest absolute Gasteiger partial charge is 0.507 e. The van der Waals surface area contributed by atoms with Gasteiger partial charge >= 0.3 is 5.97 Å². The van der Waals surface area contributed by atoms with Crippen molar-refractivity contribution in [2.45, 2.75) is 52.9 Å². The number of carbonyl (C=O) groups is 3. The van der Waals surface area contributed by atoms with Gasteiger partial charge in [0.1, 0.15) is 29.6 Å². The molecule has 0 fully saturated rings. The maximum atomic E-state index is 12.1. The third kappa shape index (κ3) is 6.44. The summed E-state index contributed by atoms with van der Waals surface area (Å²) in [5.41, 5.74) is 2.00. The molecular weight excluding hydrogens is 464 g/mol. The average molecular weight is 497 g/mol. The maximum absolute atomic E-state index is 12.1. The van der Waals surface area contributed by atoms with Crippen LogP contribution in [0.1, 0.15) is 78.3 Å². The fourth-order valence-corrected chi connectivity index (χ4v) is 3.99. The second kappa shape index (κ2) is 12.2. The third-order valence-corrected chi connectivity index (χ3v) is 5.90. The highest BCUT2D eigenvalue weighted by molar-refractivity contribution is 5.99. The van der Waals surface area contributed by atoms with Gasteiger partial charge in [0.25, 0.3) is 0 Å². The molecule has 0 aliphatic carbocycles. The molecule has 0 spiro atoms. The first-order valence-electron chi connectivity index (χ1n) is 12.1. The molecule has 0 aromatic heterocycles. The van der Waals surface area contributed by atoms with E-state index < -0.39 is 5.97 Å². The number of aromatic hydroxyl groups is 1. The average Bonchev–Trinajstić information content (AvgIpc) is 2.84. The minimum Gasteiger partial charge on any atom is -0.507 e. The Balaban J connectivity index is 1.52. The molecule has 1 heterocycles. The van der Waals surface area contributed by atoms with E-state index in [1.807, 2.05) is 6.92 Å². The molecule has 1 aliphatic heterocycles. The van der Waals surface area contributed by atoms with E-state index in [4.69, 9.17) is 14.2 Å². The summed E-state index contributed by atoms with van der Waals surface area (Å²) in [6.07, 6.45) is 5.26. The van der Waals surface area contributed by atoms with Gasteiger partial charge in [-0.2, -0.15) is 0 Å². The molecule has 0 saturated carbocycles. The van der Waals surface area contributed by atoms with Gasteiger partial charge in [-0.3, -0.25) is 9.59 Å². The number of benzene rings is 2. The van der Waals surface area contributed by atoms with Gasteiger partial charge in [0.2, 0.25) is 0 Å². The van der Waals surface area contributed by atoms with Crippen LogP contribution in [0.25, 0.3) is 6.08 Å². The van der Waals surface area contributed by atoms with E-state index in [9.17, 15) is 24.6 Å². The highest BCUT2D eigenvalue weighted by Gasteiger charge is 2.21. The molecular formula is C28H32O8. The Morgan fingerprint density at radius 1 is 0.944 bits per heavy atom. The van der Waals surface area contributed by atoms with Crippen molar-refractivity contribution in [1.29, 1.82) is 0 Å². The van der Waals surface area contributed by atoms with Crippen molar-refractivity contribution in [1.82, 2.24) is 0 Å². The maximum Gasteiger partial charge on any atom is 0.335 e. The number of carboxylic acids is 1. The van der Waals surface area contributed by atoms with E-state index in [0.717, 1.165) is 25.7 Å². The number of carbonyl (C=O) groups excluding carboxylic acids is 2. The lowest BCUT2D eigenvalue weighted by Crippen LogP contribution is -2.15. The molecule has 8 heteroatoms. The van der Waals surface area contributed by atoms with Crippen LogP contribution in [-0.4, -0.2) is 47.6 Å². The molecule has 2 aromatic rings. The summed E-state index contributed by atoms with van der Waals surface area (Å²) in [6.45, 7) is 5.67. The Kier molecular flexibility index (Phi) is 9.11. The molecule has 8 nitrogen and oxygen atoms in total. The molecule has 0 amide bonds. The molecule has 0 radical (unpaired) electrons.